The fraction of sp³-hybridized carbons (Fsp3) is 0.267. The van der Waals surface area contributed by atoms with Crippen LogP contribution in [0.5, 0.6) is 0 Å². The van der Waals surface area contributed by atoms with Crippen molar-refractivity contribution in [2.75, 3.05) is 0 Å². The maximum absolute atomic E-state index is 11.1. The lowest BCUT2D eigenvalue weighted by molar-refractivity contribution is 0.0703. The lowest BCUT2D eigenvalue weighted by Crippen LogP contribution is -1.96. The minimum Gasteiger partial charge on any atom is -0.477 e. The fourth-order valence-corrected chi connectivity index (χ4v) is 2.79. The molecule has 0 saturated heterocycles. The molecule has 0 aliphatic heterocycles. The van der Waals surface area contributed by atoms with Crippen molar-refractivity contribution in [3.8, 4) is 11.1 Å². The number of carboxylic acid groups (broad SMARTS) is 1. The van der Waals surface area contributed by atoms with Crippen molar-refractivity contribution in [3.63, 3.8) is 0 Å². The van der Waals surface area contributed by atoms with Gasteiger partial charge < -0.3 is 5.11 Å². The van der Waals surface area contributed by atoms with E-state index < -0.39 is 5.97 Å². The summed E-state index contributed by atoms with van der Waals surface area (Å²) in [6, 6.07) is 10.0. The summed E-state index contributed by atoms with van der Waals surface area (Å²) in [5.41, 5.74) is 3.06. The van der Waals surface area contributed by atoms with E-state index in [-0.39, 0.29) is 0 Å². The SMILES string of the molecule is CC(C)Cc1cccc(-c2ccsc2C(=O)O)c1. The highest BCUT2D eigenvalue weighted by Crippen LogP contribution is 2.29. The van der Waals surface area contributed by atoms with E-state index in [1.165, 1.54) is 16.9 Å². The molecule has 0 atom stereocenters. The maximum atomic E-state index is 11.1. The Hall–Kier alpha value is -1.61. The average molecular weight is 260 g/mol. The van der Waals surface area contributed by atoms with Gasteiger partial charge in [-0.25, -0.2) is 4.79 Å². The van der Waals surface area contributed by atoms with Gasteiger partial charge in [-0.05, 0) is 34.9 Å². The van der Waals surface area contributed by atoms with E-state index >= 15 is 0 Å². The van der Waals surface area contributed by atoms with Crippen LogP contribution in [0.1, 0.15) is 29.1 Å². The second-order valence-corrected chi connectivity index (χ2v) is 5.68. The van der Waals surface area contributed by atoms with Gasteiger partial charge in [0.05, 0.1) is 0 Å². The van der Waals surface area contributed by atoms with Crippen LogP contribution in [0.3, 0.4) is 0 Å². The van der Waals surface area contributed by atoms with Gasteiger partial charge in [-0.3, -0.25) is 0 Å². The molecule has 0 fully saturated rings. The minimum absolute atomic E-state index is 0.414. The lowest BCUT2D eigenvalue weighted by atomic mass is 9.98. The zero-order valence-electron chi connectivity index (χ0n) is 10.5. The van der Waals surface area contributed by atoms with E-state index in [0.29, 0.717) is 10.8 Å². The number of hydrogen-bond donors (Lipinski definition) is 1. The molecule has 18 heavy (non-hydrogen) atoms. The maximum Gasteiger partial charge on any atom is 0.346 e. The normalized spacial score (nSPS) is 10.8. The molecular weight excluding hydrogens is 244 g/mol. The highest BCUT2D eigenvalue weighted by molar-refractivity contribution is 7.12. The van der Waals surface area contributed by atoms with Crippen LogP contribution in [0.4, 0.5) is 0 Å². The summed E-state index contributed by atoms with van der Waals surface area (Å²) >= 11 is 1.27. The van der Waals surface area contributed by atoms with Crippen LogP contribution in [-0.4, -0.2) is 11.1 Å². The predicted molar refractivity (Wildman–Crippen MR) is 75.3 cm³/mol. The van der Waals surface area contributed by atoms with Gasteiger partial charge in [0.15, 0.2) is 0 Å². The van der Waals surface area contributed by atoms with Gasteiger partial charge in [0.2, 0.25) is 0 Å². The Morgan fingerprint density at radius 2 is 2.11 bits per heavy atom. The van der Waals surface area contributed by atoms with Gasteiger partial charge >= 0.3 is 5.97 Å². The van der Waals surface area contributed by atoms with Crippen molar-refractivity contribution in [1.82, 2.24) is 0 Å². The second kappa shape index (κ2) is 5.36. The van der Waals surface area contributed by atoms with Crippen molar-refractivity contribution >= 4 is 17.3 Å². The Morgan fingerprint density at radius 3 is 2.78 bits per heavy atom. The predicted octanol–water partition coefficient (Wildman–Crippen LogP) is 4.31. The van der Waals surface area contributed by atoms with Gasteiger partial charge in [-0.15, -0.1) is 11.3 Å². The Balaban J connectivity index is 2.38. The third-order valence-electron chi connectivity index (χ3n) is 2.74. The van der Waals surface area contributed by atoms with Crippen molar-refractivity contribution < 1.29 is 9.90 Å². The van der Waals surface area contributed by atoms with E-state index in [1.807, 2.05) is 23.6 Å². The van der Waals surface area contributed by atoms with Crippen LogP contribution in [0.15, 0.2) is 35.7 Å². The fourth-order valence-electron chi connectivity index (χ4n) is 2.04. The van der Waals surface area contributed by atoms with Gasteiger partial charge in [0.1, 0.15) is 4.88 Å². The number of thiophene rings is 1. The first-order chi connectivity index (χ1) is 8.58. The van der Waals surface area contributed by atoms with E-state index in [9.17, 15) is 4.79 Å². The molecule has 2 nitrogen and oxygen atoms in total. The molecule has 1 aromatic carbocycles. The molecule has 1 aromatic heterocycles. The molecule has 3 heteroatoms. The van der Waals surface area contributed by atoms with E-state index in [1.54, 1.807) is 0 Å². The monoisotopic (exact) mass is 260 g/mol. The number of rotatable bonds is 4. The summed E-state index contributed by atoms with van der Waals surface area (Å²) in [6.45, 7) is 4.36. The molecular formula is C15H16O2S. The quantitative estimate of drug-likeness (QED) is 0.889. The molecule has 0 unspecified atom stereocenters. The summed E-state index contributed by atoms with van der Waals surface area (Å²) < 4.78 is 0. The zero-order valence-corrected chi connectivity index (χ0v) is 11.3. The summed E-state index contributed by atoms with van der Waals surface area (Å²) in [6.07, 6.45) is 1.01. The Morgan fingerprint density at radius 1 is 1.33 bits per heavy atom. The van der Waals surface area contributed by atoms with Crippen molar-refractivity contribution in [2.24, 2.45) is 5.92 Å². The molecule has 94 valence electrons. The average Bonchev–Trinajstić information content (AvgIpc) is 2.77. The van der Waals surface area contributed by atoms with Crippen LogP contribution in [0.25, 0.3) is 11.1 Å². The van der Waals surface area contributed by atoms with Crippen LogP contribution in [0.2, 0.25) is 0 Å². The first kappa shape index (κ1) is 12.8. The summed E-state index contributed by atoms with van der Waals surface area (Å²) in [5.74, 6) is -0.254. The Kier molecular flexibility index (Phi) is 3.82. The second-order valence-electron chi connectivity index (χ2n) is 4.77. The minimum atomic E-state index is -0.853. The van der Waals surface area contributed by atoms with Crippen LogP contribution in [0, 0.1) is 5.92 Å². The third kappa shape index (κ3) is 2.79. The standard InChI is InChI=1S/C15H16O2S/c1-10(2)8-11-4-3-5-12(9-11)13-6-7-18-14(13)15(16)17/h3-7,9-10H,8H2,1-2H3,(H,16,17). The summed E-state index contributed by atoms with van der Waals surface area (Å²) in [5, 5.41) is 11.0. The molecule has 1 N–H and O–H groups in total. The van der Waals surface area contributed by atoms with E-state index in [4.69, 9.17) is 5.11 Å². The van der Waals surface area contributed by atoms with Crippen LogP contribution < -0.4 is 0 Å². The molecule has 0 radical (unpaired) electrons. The molecule has 0 bridgehead atoms. The first-order valence-corrected chi connectivity index (χ1v) is 6.86. The number of hydrogen-bond acceptors (Lipinski definition) is 2. The molecule has 1 heterocycles. The molecule has 0 amide bonds. The van der Waals surface area contributed by atoms with Crippen molar-refractivity contribution in [1.29, 1.82) is 0 Å². The molecule has 0 saturated carbocycles. The van der Waals surface area contributed by atoms with Crippen molar-refractivity contribution in [2.45, 2.75) is 20.3 Å². The lowest BCUT2D eigenvalue weighted by Gasteiger charge is -2.07. The van der Waals surface area contributed by atoms with Crippen LogP contribution in [-0.2, 0) is 6.42 Å². The molecule has 0 aliphatic carbocycles. The number of benzene rings is 1. The molecule has 2 rings (SSSR count). The van der Waals surface area contributed by atoms with Gasteiger partial charge in [-0.2, -0.15) is 0 Å². The largest absolute Gasteiger partial charge is 0.477 e. The zero-order chi connectivity index (χ0) is 13.1. The summed E-state index contributed by atoms with van der Waals surface area (Å²) in [4.78, 5) is 11.5. The Labute approximate surface area is 111 Å². The van der Waals surface area contributed by atoms with Gasteiger partial charge in [0.25, 0.3) is 0 Å². The highest BCUT2D eigenvalue weighted by atomic mass is 32.1. The van der Waals surface area contributed by atoms with Gasteiger partial charge in [-0.1, -0.05) is 38.1 Å². The van der Waals surface area contributed by atoms with E-state index in [0.717, 1.165) is 17.5 Å². The number of carboxylic acids is 1. The van der Waals surface area contributed by atoms with Gasteiger partial charge in [0, 0.05) is 5.56 Å². The van der Waals surface area contributed by atoms with Crippen LogP contribution >= 0.6 is 11.3 Å². The highest BCUT2D eigenvalue weighted by Gasteiger charge is 2.13. The number of carbonyl (C=O) groups is 1. The third-order valence-corrected chi connectivity index (χ3v) is 3.64. The molecule has 2 aromatic rings. The van der Waals surface area contributed by atoms with Crippen molar-refractivity contribution in [3.05, 3.63) is 46.2 Å². The first-order valence-electron chi connectivity index (χ1n) is 5.98. The number of aromatic carboxylic acids is 1. The Bertz CT molecular complexity index is 555. The molecule has 0 spiro atoms. The topological polar surface area (TPSA) is 37.3 Å². The smallest absolute Gasteiger partial charge is 0.346 e. The summed E-state index contributed by atoms with van der Waals surface area (Å²) in [7, 11) is 0. The molecule has 0 aliphatic rings. The van der Waals surface area contributed by atoms with E-state index in [2.05, 4.69) is 26.0 Å².